The first-order valence-electron chi connectivity index (χ1n) is 7.66. The number of likely N-dealkylation sites (N-methyl/N-ethyl adjacent to an activating group) is 1. The number of carboxylic acid groups (broad SMARTS) is 1. The Labute approximate surface area is 135 Å². The Morgan fingerprint density at radius 1 is 1.26 bits per heavy atom. The molecule has 2 rings (SSSR count). The highest BCUT2D eigenvalue weighted by Gasteiger charge is 2.25. The van der Waals surface area contributed by atoms with Crippen molar-refractivity contribution in [1.29, 1.82) is 0 Å². The van der Waals surface area contributed by atoms with Crippen LogP contribution in [0.5, 0.6) is 5.75 Å². The number of amides is 1. The lowest BCUT2D eigenvalue weighted by Gasteiger charge is -2.33. The number of hydrogen-bond acceptors (Lipinski definition) is 5. The molecular formula is C16H23N3O4. The van der Waals surface area contributed by atoms with Crippen molar-refractivity contribution in [2.24, 2.45) is 5.92 Å². The number of carbonyl (C=O) groups excluding carboxylic acids is 1. The smallest absolute Gasteiger partial charge is 0.308 e. The van der Waals surface area contributed by atoms with Crippen molar-refractivity contribution in [3.8, 4) is 5.75 Å². The molecule has 1 aromatic rings. The topological polar surface area (TPSA) is 93.1 Å². The molecule has 1 unspecified atom stereocenters. The first-order chi connectivity index (χ1) is 10.9. The lowest BCUT2D eigenvalue weighted by atomic mass is 10.0. The van der Waals surface area contributed by atoms with Gasteiger partial charge in [-0.3, -0.25) is 14.5 Å². The maximum atomic E-state index is 12.0. The van der Waals surface area contributed by atoms with Gasteiger partial charge in [0.25, 0.3) is 0 Å². The van der Waals surface area contributed by atoms with Crippen LogP contribution in [0.2, 0.25) is 0 Å². The van der Waals surface area contributed by atoms with Gasteiger partial charge in [0.2, 0.25) is 5.91 Å². The highest BCUT2D eigenvalue weighted by molar-refractivity contribution is 5.93. The van der Waals surface area contributed by atoms with E-state index >= 15 is 0 Å². The molecule has 1 fully saturated rings. The van der Waals surface area contributed by atoms with E-state index in [1.54, 1.807) is 12.1 Å². The Bertz CT molecular complexity index is 556. The van der Waals surface area contributed by atoms with Gasteiger partial charge in [-0.2, -0.15) is 0 Å². The van der Waals surface area contributed by atoms with Crippen LogP contribution in [0.1, 0.15) is 6.42 Å². The van der Waals surface area contributed by atoms with E-state index in [1.807, 2.05) is 7.05 Å². The van der Waals surface area contributed by atoms with Gasteiger partial charge in [0.15, 0.2) is 0 Å². The average Bonchev–Trinajstić information content (AvgIpc) is 2.48. The summed E-state index contributed by atoms with van der Waals surface area (Å²) in [5, 5.41) is 21.4. The monoisotopic (exact) mass is 321 g/mol. The number of piperazine rings is 1. The molecule has 7 nitrogen and oxygen atoms in total. The Hall–Kier alpha value is -2.12. The molecule has 1 aliphatic heterocycles. The molecule has 3 N–H and O–H groups in total. The molecule has 0 radical (unpaired) electrons. The molecule has 1 saturated heterocycles. The van der Waals surface area contributed by atoms with Crippen molar-refractivity contribution in [1.82, 2.24) is 9.80 Å². The summed E-state index contributed by atoms with van der Waals surface area (Å²) in [5.41, 5.74) is 0.457. The Kier molecular flexibility index (Phi) is 5.95. The zero-order valence-corrected chi connectivity index (χ0v) is 13.2. The molecule has 0 bridgehead atoms. The first kappa shape index (κ1) is 17.2. The summed E-state index contributed by atoms with van der Waals surface area (Å²) >= 11 is 0. The van der Waals surface area contributed by atoms with Crippen molar-refractivity contribution in [2.75, 3.05) is 45.1 Å². The molecule has 23 heavy (non-hydrogen) atoms. The quantitative estimate of drug-likeness (QED) is 0.713. The number of carbonyl (C=O) groups is 2. The highest BCUT2D eigenvalue weighted by atomic mass is 16.4. The maximum absolute atomic E-state index is 12.0. The zero-order chi connectivity index (χ0) is 16.8. The molecule has 1 atom stereocenters. The fourth-order valence-corrected chi connectivity index (χ4v) is 2.59. The average molecular weight is 321 g/mol. The number of phenols is 1. The molecule has 126 valence electrons. The van der Waals surface area contributed by atoms with Gasteiger partial charge in [-0.15, -0.1) is 0 Å². The van der Waals surface area contributed by atoms with Crippen LogP contribution in [0, 0.1) is 5.92 Å². The molecule has 0 saturated carbocycles. The predicted octanol–water partition coefficient (Wildman–Crippen LogP) is 0.669. The second-order valence-corrected chi connectivity index (χ2v) is 5.94. The third-order valence-electron chi connectivity index (χ3n) is 3.99. The first-order valence-corrected chi connectivity index (χ1v) is 7.66. The number of aliphatic carboxylic acids is 1. The molecule has 1 heterocycles. The van der Waals surface area contributed by atoms with Gasteiger partial charge in [-0.05, 0) is 19.2 Å². The van der Waals surface area contributed by atoms with Gasteiger partial charge in [0.1, 0.15) is 5.75 Å². The van der Waals surface area contributed by atoms with Crippen molar-refractivity contribution in [2.45, 2.75) is 6.42 Å². The lowest BCUT2D eigenvalue weighted by Crippen LogP contribution is -2.47. The van der Waals surface area contributed by atoms with Crippen LogP contribution < -0.4 is 5.32 Å². The van der Waals surface area contributed by atoms with Crippen molar-refractivity contribution in [3.05, 3.63) is 24.3 Å². The Balaban J connectivity index is 1.88. The van der Waals surface area contributed by atoms with Crippen LogP contribution >= 0.6 is 0 Å². The lowest BCUT2D eigenvalue weighted by molar-refractivity contribution is -0.144. The number of benzene rings is 1. The molecule has 1 amide bonds. The van der Waals surface area contributed by atoms with Gasteiger partial charge in [0.05, 0.1) is 5.92 Å². The van der Waals surface area contributed by atoms with Gasteiger partial charge >= 0.3 is 5.97 Å². The second-order valence-electron chi connectivity index (χ2n) is 5.94. The highest BCUT2D eigenvalue weighted by Crippen LogP contribution is 2.17. The Morgan fingerprint density at radius 3 is 2.57 bits per heavy atom. The van der Waals surface area contributed by atoms with E-state index in [2.05, 4.69) is 15.1 Å². The summed E-state index contributed by atoms with van der Waals surface area (Å²) < 4.78 is 0. The number of hydrogen-bond donors (Lipinski definition) is 3. The summed E-state index contributed by atoms with van der Waals surface area (Å²) in [6, 6.07) is 6.19. The SMILES string of the molecule is CN1CCN(CC(CC(=O)Nc2cccc(O)c2)C(=O)O)CC1. The molecule has 0 aliphatic carbocycles. The molecule has 7 heteroatoms. The molecule has 0 aromatic heterocycles. The van der Waals surface area contributed by atoms with Gasteiger partial charge in [-0.25, -0.2) is 0 Å². The van der Waals surface area contributed by atoms with E-state index in [9.17, 15) is 19.8 Å². The Morgan fingerprint density at radius 2 is 1.96 bits per heavy atom. The number of anilines is 1. The van der Waals surface area contributed by atoms with Crippen molar-refractivity contribution >= 4 is 17.6 Å². The van der Waals surface area contributed by atoms with Crippen LogP contribution in [0.25, 0.3) is 0 Å². The number of rotatable bonds is 6. The van der Waals surface area contributed by atoms with Gasteiger partial charge in [-0.1, -0.05) is 6.07 Å². The van der Waals surface area contributed by atoms with E-state index in [4.69, 9.17) is 0 Å². The summed E-state index contributed by atoms with van der Waals surface area (Å²) in [6.07, 6.45) is -0.0860. The third-order valence-corrected chi connectivity index (χ3v) is 3.99. The van der Waals surface area contributed by atoms with Gasteiger partial charge in [0, 0.05) is 50.9 Å². The minimum absolute atomic E-state index is 0.0509. The second kappa shape index (κ2) is 7.94. The van der Waals surface area contributed by atoms with E-state index in [0.29, 0.717) is 12.2 Å². The number of aromatic hydroxyl groups is 1. The normalized spacial score (nSPS) is 17.6. The van der Waals surface area contributed by atoms with Crippen LogP contribution in [0.3, 0.4) is 0 Å². The van der Waals surface area contributed by atoms with Crippen LogP contribution in [-0.4, -0.2) is 71.7 Å². The van der Waals surface area contributed by atoms with Gasteiger partial charge < -0.3 is 20.4 Å². The summed E-state index contributed by atoms with van der Waals surface area (Å²) in [7, 11) is 2.04. The fraction of sp³-hybridized carbons (Fsp3) is 0.500. The number of phenolic OH excluding ortho intramolecular Hbond substituents is 1. The van der Waals surface area contributed by atoms with E-state index < -0.39 is 11.9 Å². The largest absolute Gasteiger partial charge is 0.508 e. The van der Waals surface area contributed by atoms with E-state index in [0.717, 1.165) is 26.2 Å². The number of nitrogens with zero attached hydrogens (tertiary/aromatic N) is 2. The van der Waals surface area contributed by atoms with Crippen molar-refractivity contribution in [3.63, 3.8) is 0 Å². The zero-order valence-electron chi connectivity index (χ0n) is 13.2. The van der Waals surface area contributed by atoms with Crippen molar-refractivity contribution < 1.29 is 19.8 Å². The molecule has 1 aromatic carbocycles. The van der Waals surface area contributed by atoms with E-state index in [1.165, 1.54) is 12.1 Å². The minimum Gasteiger partial charge on any atom is -0.508 e. The summed E-state index contributed by atoms with van der Waals surface area (Å²) in [4.78, 5) is 27.8. The molecule has 0 spiro atoms. The minimum atomic E-state index is -0.963. The third kappa shape index (κ3) is 5.54. The predicted molar refractivity (Wildman–Crippen MR) is 86.4 cm³/mol. The standard InChI is InChI=1S/C16H23N3O4/c1-18-5-7-19(8-6-18)11-12(16(22)23)9-15(21)17-13-3-2-4-14(20)10-13/h2-4,10,12,20H,5-9,11H2,1H3,(H,17,21)(H,22,23). The molecule has 1 aliphatic rings. The summed E-state index contributed by atoms with van der Waals surface area (Å²) in [6.45, 7) is 3.81. The summed E-state index contributed by atoms with van der Waals surface area (Å²) in [5.74, 6) is -2.02. The fourth-order valence-electron chi connectivity index (χ4n) is 2.59. The molecular weight excluding hydrogens is 298 g/mol. The number of carboxylic acids is 1. The number of nitrogens with one attached hydrogen (secondary N) is 1. The van der Waals surface area contributed by atoms with Crippen LogP contribution in [0.4, 0.5) is 5.69 Å². The van der Waals surface area contributed by atoms with Crippen LogP contribution in [-0.2, 0) is 9.59 Å². The maximum Gasteiger partial charge on any atom is 0.308 e. The van der Waals surface area contributed by atoms with Crippen LogP contribution in [0.15, 0.2) is 24.3 Å². The van der Waals surface area contributed by atoms with E-state index in [-0.39, 0.29) is 18.1 Å².